The van der Waals surface area contributed by atoms with Crippen LogP contribution in [0.4, 0.5) is 0 Å². The van der Waals surface area contributed by atoms with Gasteiger partial charge in [0.05, 0.1) is 0 Å². The first kappa shape index (κ1) is 25.2. The highest BCUT2D eigenvalue weighted by Gasteiger charge is 2.23. The minimum Gasteiger partial charge on any atom is -0.356 e. The van der Waals surface area contributed by atoms with Gasteiger partial charge in [-0.15, -0.1) is 0 Å². The minimum atomic E-state index is -0.546. The molecule has 0 bridgehead atoms. The number of rotatable bonds is 9. The molecule has 6 nitrogen and oxygen atoms in total. The van der Waals surface area contributed by atoms with Crippen molar-refractivity contribution in [1.29, 1.82) is 0 Å². The Labute approximate surface area is 219 Å². The largest absolute Gasteiger partial charge is 0.439 e. The smallest absolute Gasteiger partial charge is 0.356 e. The van der Waals surface area contributed by atoms with Crippen molar-refractivity contribution in [3.8, 4) is 22.5 Å². The third-order valence-corrected chi connectivity index (χ3v) is 7.82. The van der Waals surface area contributed by atoms with Gasteiger partial charge in [0.25, 0.3) is 0 Å². The van der Waals surface area contributed by atoms with Crippen molar-refractivity contribution in [3.63, 3.8) is 0 Å². The number of unbranched alkanes of at least 4 members (excludes halogenated alkanes) is 1. The van der Waals surface area contributed by atoms with Gasteiger partial charge in [-0.2, -0.15) is 0 Å². The van der Waals surface area contributed by atoms with Crippen LogP contribution in [0.25, 0.3) is 22.5 Å². The van der Waals surface area contributed by atoms with E-state index in [1.807, 2.05) is 24.3 Å². The molecule has 1 N–H and O–H groups in total. The Kier molecular flexibility index (Phi) is 8.02. The van der Waals surface area contributed by atoms with E-state index in [0.717, 1.165) is 48.5 Å². The van der Waals surface area contributed by atoms with Gasteiger partial charge in [0.15, 0.2) is 5.82 Å². The van der Waals surface area contributed by atoms with E-state index < -0.39 is 5.76 Å². The summed E-state index contributed by atoms with van der Waals surface area (Å²) in [5.41, 5.74) is 7.00. The van der Waals surface area contributed by atoms with Crippen LogP contribution in [-0.2, 0) is 6.42 Å². The lowest BCUT2D eigenvalue weighted by molar-refractivity contribution is 0.278. The maximum Gasteiger partial charge on any atom is 0.439 e. The summed E-state index contributed by atoms with van der Waals surface area (Å²) in [6.07, 6.45) is 11.2. The van der Waals surface area contributed by atoms with E-state index in [1.54, 1.807) is 0 Å². The number of nitrogens with one attached hydrogen (secondary N) is 1. The van der Waals surface area contributed by atoms with E-state index in [9.17, 15) is 4.79 Å². The number of allylic oxidation sites excluding steroid dienone is 1. The fourth-order valence-corrected chi connectivity index (χ4v) is 5.73. The molecule has 194 valence electrons. The average Bonchev–Trinajstić information content (AvgIpc) is 3.36. The van der Waals surface area contributed by atoms with Gasteiger partial charge in [-0.1, -0.05) is 86.3 Å². The Balaban J connectivity index is 1.36. The summed E-state index contributed by atoms with van der Waals surface area (Å²) in [7, 11) is 0. The van der Waals surface area contributed by atoms with Crippen molar-refractivity contribution in [3.05, 3.63) is 75.9 Å². The Hall–Kier alpha value is -3.41. The van der Waals surface area contributed by atoms with Crippen LogP contribution in [0.1, 0.15) is 70.8 Å². The second-order valence-electron chi connectivity index (χ2n) is 10.6. The van der Waals surface area contributed by atoms with Gasteiger partial charge in [0, 0.05) is 24.4 Å². The number of H-pyrrole nitrogens is 1. The van der Waals surface area contributed by atoms with Gasteiger partial charge in [0.1, 0.15) is 5.84 Å². The maximum absolute atomic E-state index is 11.5. The lowest BCUT2D eigenvalue weighted by Crippen LogP contribution is -2.38. The molecular weight excluding hydrogens is 460 g/mol. The molecule has 0 spiro atoms. The lowest BCUT2D eigenvalue weighted by Gasteiger charge is -2.35. The van der Waals surface area contributed by atoms with Crippen LogP contribution in [0.15, 0.2) is 74.1 Å². The summed E-state index contributed by atoms with van der Waals surface area (Å²) in [6.45, 7) is 6.58. The minimum absolute atomic E-state index is 0.448. The molecular formula is C31H38N4O2. The predicted molar refractivity (Wildman–Crippen MR) is 150 cm³/mol. The molecule has 5 rings (SSSR count). The third kappa shape index (κ3) is 6.12. The number of hydrogen-bond donors (Lipinski definition) is 1. The van der Waals surface area contributed by atoms with Crippen molar-refractivity contribution < 1.29 is 4.52 Å². The van der Waals surface area contributed by atoms with E-state index in [4.69, 9.17) is 9.52 Å². The molecule has 2 aromatic carbocycles. The zero-order chi connectivity index (χ0) is 25.6. The summed E-state index contributed by atoms with van der Waals surface area (Å²) in [5, 5.41) is 3.89. The van der Waals surface area contributed by atoms with Crippen molar-refractivity contribution in [2.45, 2.75) is 71.6 Å². The first-order valence-electron chi connectivity index (χ1n) is 13.9. The molecule has 1 aliphatic heterocycles. The highest BCUT2D eigenvalue weighted by Crippen LogP contribution is 2.32. The summed E-state index contributed by atoms with van der Waals surface area (Å²) in [6, 6.07) is 16.7. The number of aliphatic imine (C=N–C) groups is 1. The second kappa shape index (κ2) is 11.8. The monoisotopic (exact) mass is 498 g/mol. The molecule has 1 saturated carbocycles. The number of hydrogen-bond acceptors (Lipinski definition) is 5. The fourth-order valence-electron chi connectivity index (χ4n) is 5.73. The Morgan fingerprint density at radius 2 is 1.78 bits per heavy atom. The second-order valence-corrected chi connectivity index (χ2v) is 10.6. The zero-order valence-electron chi connectivity index (χ0n) is 22.1. The Morgan fingerprint density at radius 3 is 2.49 bits per heavy atom. The van der Waals surface area contributed by atoms with Gasteiger partial charge >= 0.3 is 5.76 Å². The molecule has 0 saturated heterocycles. The number of aromatic nitrogens is 2. The van der Waals surface area contributed by atoms with Gasteiger partial charge in [-0.3, -0.25) is 9.51 Å². The summed E-state index contributed by atoms with van der Waals surface area (Å²) in [5.74, 6) is 1.90. The molecule has 0 atom stereocenters. The molecule has 1 aliphatic carbocycles. The van der Waals surface area contributed by atoms with Gasteiger partial charge in [0.2, 0.25) is 0 Å². The molecule has 0 amide bonds. The van der Waals surface area contributed by atoms with Crippen molar-refractivity contribution in [1.82, 2.24) is 15.0 Å². The zero-order valence-corrected chi connectivity index (χ0v) is 22.1. The summed E-state index contributed by atoms with van der Waals surface area (Å²) in [4.78, 5) is 21.8. The predicted octanol–water partition coefficient (Wildman–Crippen LogP) is 7.00. The van der Waals surface area contributed by atoms with E-state index in [1.165, 1.54) is 67.6 Å². The number of amidine groups is 1. The standard InChI is InChI=1S/C31H38N4O2/c1-3-4-14-29-26(21-35(22(2)32-29)20-24-10-6-5-7-11-24)19-23-15-17-25(18-16-23)27-12-8-9-13-28(27)30-33-31(36)37-34-30/h8-9,12-13,15-18,24H,3-7,10-11,14,19-21H2,1-2H3,(H,33,34,36). The summed E-state index contributed by atoms with van der Waals surface area (Å²) < 4.78 is 4.73. The lowest BCUT2D eigenvalue weighted by atomic mass is 9.88. The van der Waals surface area contributed by atoms with Crippen LogP contribution in [0, 0.1) is 5.92 Å². The van der Waals surface area contributed by atoms with E-state index in [2.05, 4.69) is 53.2 Å². The molecule has 1 fully saturated rings. The van der Waals surface area contributed by atoms with Crippen LogP contribution >= 0.6 is 0 Å². The van der Waals surface area contributed by atoms with E-state index in [0.29, 0.717) is 5.82 Å². The van der Waals surface area contributed by atoms with Crippen molar-refractivity contribution in [2.75, 3.05) is 13.1 Å². The molecule has 6 heteroatoms. The highest BCUT2D eigenvalue weighted by molar-refractivity contribution is 5.82. The Morgan fingerprint density at radius 1 is 1.03 bits per heavy atom. The average molecular weight is 499 g/mol. The molecule has 1 aromatic heterocycles. The first-order chi connectivity index (χ1) is 18.1. The van der Waals surface area contributed by atoms with Crippen molar-refractivity contribution >= 4 is 5.84 Å². The SMILES string of the molecule is CCCCC1=C(Cc2ccc(-c3ccccc3-c3noc(=O)[nH]3)cc2)CN(CC2CCCCC2)C(C)=N1. The fraction of sp³-hybridized carbons (Fsp3) is 0.452. The molecule has 2 aliphatic rings. The molecule has 0 radical (unpaired) electrons. The number of aromatic amines is 1. The summed E-state index contributed by atoms with van der Waals surface area (Å²) >= 11 is 0. The van der Waals surface area contributed by atoms with Gasteiger partial charge in [-0.05, 0) is 67.2 Å². The first-order valence-corrected chi connectivity index (χ1v) is 13.9. The van der Waals surface area contributed by atoms with Crippen LogP contribution in [-0.4, -0.2) is 34.0 Å². The van der Waals surface area contributed by atoms with Crippen LogP contribution in [0.3, 0.4) is 0 Å². The number of nitrogens with zero attached hydrogens (tertiary/aromatic N) is 3. The van der Waals surface area contributed by atoms with Gasteiger partial charge in [-0.25, -0.2) is 9.79 Å². The topological polar surface area (TPSA) is 74.5 Å². The van der Waals surface area contributed by atoms with Crippen LogP contribution in [0.5, 0.6) is 0 Å². The van der Waals surface area contributed by atoms with Gasteiger partial charge < -0.3 is 4.90 Å². The molecule has 3 aromatic rings. The molecule has 0 unspecified atom stereocenters. The molecule has 37 heavy (non-hydrogen) atoms. The highest BCUT2D eigenvalue weighted by atomic mass is 16.5. The van der Waals surface area contributed by atoms with E-state index in [-0.39, 0.29) is 0 Å². The quantitative estimate of drug-likeness (QED) is 0.345. The van der Waals surface area contributed by atoms with Crippen molar-refractivity contribution in [2.24, 2.45) is 10.9 Å². The Bertz CT molecular complexity index is 1310. The van der Waals surface area contributed by atoms with E-state index >= 15 is 0 Å². The van der Waals surface area contributed by atoms with Crippen LogP contribution in [0.2, 0.25) is 0 Å². The normalized spacial score (nSPS) is 16.8. The maximum atomic E-state index is 11.5. The third-order valence-electron chi connectivity index (χ3n) is 7.82. The number of benzene rings is 2. The molecule has 2 heterocycles. The van der Waals surface area contributed by atoms with Crippen LogP contribution < -0.4 is 5.76 Å².